The number of hydrogen-bond donors (Lipinski definition) is 2. The fraction of sp³-hybridized carbons (Fsp3) is 0.414. The molecule has 1 saturated heterocycles. The maximum Gasteiger partial charge on any atom is 0.573 e. The molecular weight excluding hydrogens is 497 g/mol. The molecule has 1 amide bonds. The molecule has 2 N–H and O–H groups in total. The number of hydrogen-bond acceptors (Lipinski definition) is 5. The first-order valence-corrected chi connectivity index (χ1v) is 12.6. The molecule has 0 spiro atoms. The highest BCUT2D eigenvalue weighted by molar-refractivity contribution is 5.92. The van der Waals surface area contributed by atoms with Crippen molar-refractivity contribution in [1.29, 1.82) is 0 Å². The van der Waals surface area contributed by atoms with Crippen LogP contribution in [0.4, 0.5) is 13.2 Å². The highest BCUT2D eigenvalue weighted by Gasteiger charge is 2.57. The van der Waals surface area contributed by atoms with E-state index in [-0.39, 0.29) is 17.7 Å². The molecule has 1 heterocycles. The molecule has 1 saturated carbocycles. The molecule has 9 heteroatoms. The molecule has 6 nitrogen and oxygen atoms in total. The second-order valence-electron chi connectivity index (χ2n) is 10.0. The number of likely N-dealkylation sites (tertiary alicyclic amines) is 1. The number of halogens is 3. The summed E-state index contributed by atoms with van der Waals surface area (Å²) in [6, 6.07) is 13.0. The molecule has 204 valence electrons. The molecule has 38 heavy (non-hydrogen) atoms. The van der Waals surface area contributed by atoms with Crippen molar-refractivity contribution in [2.24, 2.45) is 0 Å². The number of nitrogens with zero attached hydrogens (tertiary/aromatic N) is 1. The van der Waals surface area contributed by atoms with Gasteiger partial charge in [0.15, 0.2) is 0 Å². The summed E-state index contributed by atoms with van der Waals surface area (Å²) < 4.78 is 46.9. The molecule has 0 radical (unpaired) electrons. The first-order chi connectivity index (χ1) is 18.1. The van der Waals surface area contributed by atoms with Gasteiger partial charge in [-0.15, -0.1) is 19.8 Å². The first kappa shape index (κ1) is 27.7. The summed E-state index contributed by atoms with van der Waals surface area (Å²) in [5, 5.41) is 15.1. The van der Waals surface area contributed by atoms with Gasteiger partial charge in [-0.2, -0.15) is 0 Å². The Kier molecular flexibility index (Phi) is 8.18. The van der Waals surface area contributed by atoms with Crippen molar-refractivity contribution in [3.8, 4) is 11.5 Å². The van der Waals surface area contributed by atoms with Gasteiger partial charge < -0.3 is 19.9 Å². The second kappa shape index (κ2) is 11.2. The van der Waals surface area contributed by atoms with Crippen LogP contribution in [-0.2, 0) is 10.2 Å². The van der Waals surface area contributed by atoms with Crippen molar-refractivity contribution < 1.29 is 32.5 Å². The maximum absolute atomic E-state index is 12.8. The fourth-order valence-corrected chi connectivity index (χ4v) is 5.88. The van der Waals surface area contributed by atoms with E-state index in [0.29, 0.717) is 50.1 Å². The molecule has 2 fully saturated rings. The quantitative estimate of drug-likeness (QED) is 0.378. The van der Waals surface area contributed by atoms with Gasteiger partial charge in [-0.3, -0.25) is 9.69 Å². The van der Waals surface area contributed by atoms with Gasteiger partial charge >= 0.3 is 6.36 Å². The third kappa shape index (κ3) is 6.22. The summed E-state index contributed by atoms with van der Waals surface area (Å²) in [5.41, 5.74) is -0.185. The van der Waals surface area contributed by atoms with Crippen molar-refractivity contribution in [3.05, 3.63) is 78.4 Å². The van der Waals surface area contributed by atoms with Crippen LogP contribution in [0.25, 0.3) is 6.08 Å². The van der Waals surface area contributed by atoms with Gasteiger partial charge in [-0.1, -0.05) is 30.3 Å². The number of fused-ring (bicyclic) bond motifs is 1. The number of piperidine rings is 1. The van der Waals surface area contributed by atoms with Gasteiger partial charge in [0.25, 0.3) is 0 Å². The third-order valence-corrected chi connectivity index (χ3v) is 7.61. The van der Waals surface area contributed by atoms with Crippen molar-refractivity contribution in [2.75, 3.05) is 26.7 Å². The zero-order chi connectivity index (χ0) is 27.4. The topological polar surface area (TPSA) is 71.0 Å². The molecule has 4 rings (SSSR count). The molecule has 0 bridgehead atoms. The van der Waals surface area contributed by atoms with E-state index in [1.807, 2.05) is 30.3 Å². The van der Waals surface area contributed by atoms with E-state index >= 15 is 0 Å². The normalized spacial score (nSPS) is 26.0. The molecule has 1 aliphatic heterocycles. The van der Waals surface area contributed by atoms with Gasteiger partial charge in [0, 0.05) is 30.6 Å². The van der Waals surface area contributed by atoms with Crippen LogP contribution >= 0.6 is 0 Å². The Morgan fingerprint density at radius 1 is 1.21 bits per heavy atom. The fourth-order valence-electron chi connectivity index (χ4n) is 5.88. The molecule has 3 unspecified atom stereocenters. The highest BCUT2D eigenvalue weighted by Crippen LogP contribution is 2.52. The van der Waals surface area contributed by atoms with Gasteiger partial charge in [-0.25, -0.2) is 0 Å². The molecule has 0 aromatic heterocycles. The molecule has 2 aliphatic rings. The number of carbonyl (C=O) groups is 1. The summed E-state index contributed by atoms with van der Waals surface area (Å²) in [5.74, 6) is 0.000640. The van der Waals surface area contributed by atoms with E-state index in [4.69, 9.17) is 4.74 Å². The maximum atomic E-state index is 12.8. The van der Waals surface area contributed by atoms with Crippen LogP contribution < -0.4 is 14.8 Å². The minimum Gasteiger partial charge on any atom is -0.497 e. The number of aliphatic hydroxyl groups is 1. The number of amides is 1. The van der Waals surface area contributed by atoms with Crippen LogP contribution in [0.15, 0.2) is 67.3 Å². The molecule has 3 atom stereocenters. The van der Waals surface area contributed by atoms with E-state index < -0.39 is 17.4 Å². The first-order valence-electron chi connectivity index (χ1n) is 12.6. The van der Waals surface area contributed by atoms with Gasteiger partial charge in [0.1, 0.15) is 11.5 Å². The lowest BCUT2D eigenvalue weighted by Gasteiger charge is -2.58. The lowest BCUT2D eigenvalue weighted by molar-refractivity contribution is -0.274. The highest BCUT2D eigenvalue weighted by atomic mass is 19.4. The predicted octanol–water partition coefficient (Wildman–Crippen LogP) is 4.84. The average molecular weight is 531 g/mol. The summed E-state index contributed by atoms with van der Waals surface area (Å²) in [6.45, 7) is 5.81. The van der Waals surface area contributed by atoms with E-state index in [1.54, 1.807) is 13.2 Å². The molecule has 2 aromatic carbocycles. The Morgan fingerprint density at radius 2 is 1.97 bits per heavy atom. The lowest BCUT2D eigenvalue weighted by Crippen LogP contribution is -2.67. The Morgan fingerprint density at radius 3 is 2.71 bits per heavy atom. The SMILES string of the molecule is C=CCN1CCC2(c3cccc(OC)c3)CC(NC(=O)/C=C/c3cccc(OC(F)(F)F)c3)CCC2(O)C1. The van der Waals surface area contributed by atoms with Crippen LogP contribution in [0.3, 0.4) is 0 Å². The van der Waals surface area contributed by atoms with Crippen molar-refractivity contribution in [2.45, 2.75) is 49.1 Å². The van der Waals surface area contributed by atoms with E-state index in [9.17, 15) is 23.1 Å². The number of β-amino-alcohol motifs (C(OH)–C–C–N with tert-alkyl or cyclic N) is 1. The van der Waals surface area contributed by atoms with Gasteiger partial charge in [0.05, 0.1) is 12.7 Å². The summed E-state index contributed by atoms with van der Waals surface area (Å²) in [6.07, 6.45) is 2.16. The van der Waals surface area contributed by atoms with Crippen molar-refractivity contribution in [1.82, 2.24) is 10.2 Å². The Bertz CT molecular complexity index is 1180. The van der Waals surface area contributed by atoms with Crippen LogP contribution in [0.1, 0.15) is 36.8 Å². The number of ether oxygens (including phenoxy) is 2. The van der Waals surface area contributed by atoms with E-state index in [2.05, 4.69) is 21.5 Å². The van der Waals surface area contributed by atoms with E-state index in [0.717, 1.165) is 12.1 Å². The van der Waals surface area contributed by atoms with E-state index in [1.165, 1.54) is 30.4 Å². The molecule has 1 aliphatic carbocycles. The standard InChI is InChI=1S/C29H33F3N2O4/c1-3-15-34-16-14-27(22-7-5-8-24(18-22)37-2)19-23(12-13-28(27,36)20-34)33-26(35)11-10-21-6-4-9-25(17-21)38-29(30,31)32/h3-11,17-18,23,36H,1,12-16,19-20H2,2H3,(H,33,35)/b11-10+. The zero-order valence-corrected chi connectivity index (χ0v) is 21.3. The number of nitrogens with one attached hydrogen (secondary N) is 1. The number of alkyl halides is 3. The third-order valence-electron chi connectivity index (χ3n) is 7.61. The summed E-state index contributed by atoms with van der Waals surface area (Å²) >= 11 is 0. The van der Waals surface area contributed by atoms with Gasteiger partial charge in [0.2, 0.25) is 5.91 Å². The van der Waals surface area contributed by atoms with Gasteiger partial charge in [-0.05, 0) is 73.7 Å². The second-order valence-corrected chi connectivity index (χ2v) is 10.0. The Hall–Kier alpha value is -3.30. The predicted molar refractivity (Wildman–Crippen MR) is 139 cm³/mol. The minimum atomic E-state index is -4.79. The monoisotopic (exact) mass is 530 g/mol. The Balaban J connectivity index is 1.51. The van der Waals surface area contributed by atoms with Crippen molar-refractivity contribution in [3.63, 3.8) is 0 Å². The minimum absolute atomic E-state index is 0.190. The molecular formula is C29H33F3N2O4. The number of benzene rings is 2. The van der Waals surface area contributed by atoms with Crippen LogP contribution in [0.5, 0.6) is 11.5 Å². The average Bonchev–Trinajstić information content (AvgIpc) is 2.87. The number of carbonyl (C=O) groups excluding carboxylic acids is 1. The lowest BCUT2D eigenvalue weighted by atomic mass is 9.55. The molecule has 2 aromatic rings. The van der Waals surface area contributed by atoms with Crippen molar-refractivity contribution >= 4 is 12.0 Å². The Labute approximate surface area is 220 Å². The summed E-state index contributed by atoms with van der Waals surface area (Å²) in [4.78, 5) is 15.0. The largest absolute Gasteiger partial charge is 0.573 e. The summed E-state index contributed by atoms with van der Waals surface area (Å²) in [7, 11) is 1.61. The number of methoxy groups -OCH3 is 1. The van der Waals surface area contributed by atoms with Crippen LogP contribution in [0, 0.1) is 0 Å². The number of rotatable bonds is 8. The van der Waals surface area contributed by atoms with Crippen LogP contribution in [-0.4, -0.2) is 60.7 Å². The zero-order valence-electron chi connectivity index (χ0n) is 21.3. The smallest absolute Gasteiger partial charge is 0.497 e. The van der Waals surface area contributed by atoms with Crippen LogP contribution in [0.2, 0.25) is 0 Å².